The fourth-order valence-electron chi connectivity index (χ4n) is 1.84. The first-order valence-electron chi connectivity index (χ1n) is 6.11. The Morgan fingerprint density at radius 3 is 2.57 bits per heavy atom. The summed E-state index contributed by atoms with van der Waals surface area (Å²) in [6.45, 7) is 3.51. The average Bonchev–Trinajstić information content (AvgIpc) is 2.80. The molecule has 21 heavy (non-hydrogen) atoms. The van der Waals surface area contributed by atoms with E-state index in [1.165, 1.54) is 19.2 Å². The van der Waals surface area contributed by atoms with Gasteiger partial charge in [-0.1, -0.05) is 11.6 Å². The van der Waals surface area contributed by atoms with Gasteiger partial charge in [0.2, 0.25) is 10.0 Å². The maximum absolute atomic E-state index is 12.5. The predicted octanol–water partition coefficient (Wildman–Crippen LogP) is 1.48. The molecule has 7 nitrogen and oxygen atoms in total. The van der Waals surface area contributed by atoms with E-state index in [0.717, 1.165) is 4.31 Å². The van der Waals surface area contributed by atoms with Crippen molar-refractivity contribution in [3.05, 3.63) is 34.4 Å². The third-order valence-corrected chi connectivity index (χ3v) is 5.27. The van der Waals surface area contributed by atoms with Crippen LogP contribution in [0.25, 0.3) is 0 Å². The first kappa shape index (κ1) is 15.7. The summed E-state index contributed by atoms with van der Waals surface area (Å²) in [5.41, 5.74) is 6.57. The molecule has 0 bridgehead atoms. The van der Waals surface area contributed by atoms with E-state index in [4.69, 9.17) is 17.3 Å². The van der Waals surface area contributed by atoms with Crippen LogP contribution in [-0.4, -0.2) is 35.0 Å². The quantitative estimate of drug-likeness (QED) is 0.826. The van der Waals surface area contributed by atoms with Crippen molar-refractivity contribution in [1.82, 2.24) is 19.5 Å². The fourth-order valence-corrected chi connectivity index (χ4v) is 3.19. The number of nitrogens with one attached hydrogen (secondary N) is 1. The molecule has 1 heterocycles. The van der Waals surface area contributed by atoms with Crippen LogP contribution in [0, 0.1) is 13.8 Å². The largest absolute Gasteiger partial charge is 0.397 e. The molecule has 0 fully saturated rings. The number of hydrogen-bond donors (Lipinski definition) is 2. The molecular weight excluding hydrogens is 314 g/mol. The molecule has 0 aliphatic rings. The summed E-state index contributed by atoms with van der Waals surface area (Å²) >= 11 is 5.95. The van der Waals surface area contributed by atoms with Gasteiger partial charge in [-0.15, -0.1) is 0 Å². The van der Waals surface area contributed by atoms with Gasteiger partial charge in [0.25, 0.3) is 0 Å². The molecule has 1 aromatic heterocycles. The Kier molecular flexibility index (Phi) is 4.22. The summed E-state index contributed by atoms with van der Waals surface area (Å²) in [6, 6.07) is 2.85. The maximum Gasteiger partial charge on any atom is 0.243 e. The SMILES string of the molecule is Cc1nc(CN(C)S(=O)(=O)c2cc(C)c(Cl)c(N)c2)n[nH]1. The van der Waals surface area contributed by atoms with E-state index in [0.29, 0.717) is 22.2 Å². The minimum atomic E-state index is -3.69. The zero-order chi connectivity index (χ0) is 15.8. The number of nitrogens with two attached hydrogens (primary N) is 1. The van der Waals surface area contributed by atoms with E-state index in [-0.39, 0.29) is 17.1 Å². The van der Waals surface area contributed by atoms with Crippen LogP contribution in [-0.2, 0) is 16.6 Å². The van der Waals surface area contributed by atoms with E-state index >= 15 is 0 Å². The Balaban J connectivity index is 2.33. The number of anilines is 1. The third kappa shape index (κ3) is 3.17. The fraction of sp³-hybridized carbons (Fsp3) is 0.333. The molecule has 0 aliphatic carbocycles. The van der Waals surface area contributed by atoms with Crippen molar-refractivity contribution in [1.29, 1.82) is 0 Å². The van der Waals surface area contributed by atoms with Crippen molar-refractivity contribution in [3.63, 3.8) is 0 Å². The molecule has 0 saturated heterocycles. The molecule has 9 heteroatoms. The molecule has 0 spiro atoms. The molecule has 0 radical (unpaired) electrons. The van der Waals surface area contributed by atoms with Gasteiger partial charge in [-0.3, -0.25) is 5.10 Å². The standard InChI is InChI=1S/C12H16ClN5O2S/c1-7-4-9(5-10(14)12(7)13)21(19,20)18(3)6-11-15-8(2)16-17-11/h4-5H,6,14H2,1-3H3,(H,15,16,17). The molecule has 2 rings (SSSR count). The molecule has 3 N–H and O–H groups in total. The molecular formula is C12H16ClN5O2S. The number of sulfonamides is 1. The van der Waals surface area contributed by atoms with Gasteiger partial charge in [0, 0.05) is 7.05 Å². The zero-order valence-electron chi connectivity index (χ0n) is 11.9. The molecule has 114 valence electrons. The third-order valence-electron chi connectivity index (χ3n) is 2.97. The Bertz CT molecular complexity index is 749. The molecule has 0 unspecified atom stereocenters. The minimum absolute atomic E-state index is 0.0637. The molecule has 0 amide bonds. The molecule has 0 saturated carbocycles. The van der Waals surface area contributed by atoms with Crippen molar-refractivity contribution in [2.24, 2.45) is 0 Å². The van der Waals surface area contributed by atoms with Gasteiger partial charge in [-0.25, -0.2) is 13.4 Å². The number of nitrogens with zero attached hydrogens (tertiary/aromatic N) is 3. The monoisotopic (exact) mass is 329 g/mol. The van der Waals surface area contributed by atoms with Crippen LogP contribution in [0.3, 0.4) is 0 Å². The molecule has 0 atom stereocenters. The average molecular weight is 330 g/mol. The number of benzene rings is 1. The summed E-state index contributed by atoms with van der Waals surface area (Å²) in [4.78, 5) is 4.18. The lowest BCUT2D eigenvalue weighted by Gasteiger charge is -2.16. The molecule has 2 aromatic rings. The summed E-state index contributed by atoms with van der Waals surface area (Å²) in [5.74, 6) is 1.03. The van der Waals surface area contributed by atoms with Crippen molar-refractivity contribution < 1.29 is 8.42 Å². The topological polar surface area (TPSA) is 105 Å². The summed E-state index contributed by atoms with van der Waals surface area (Å²) < 4.78 is 26.2. The van der Waals surface area contributed by atoms with Gasteiger partial charge in [0.15, 0.2) is 5.82 Å². The van der Waals surface area contributed by atoms with Crippen LogP contribution in [0.15, 0.2) is 17.0 Å². The maximum atomic E-state index is 12.5. The van der Waals surface area contributed by atoms with Crippen molar-refractivity contribution in [2.75, 3.05) is 12.8 Å². The lowest BCUT2D eigenvalue weighted by Crippen LogP contribution is -2.27. The number of aryl methyl sites for hydroxylation is 2. The van der Waals surface area contributed by atoms with Crippen LogP contribution in [0.4, 0.5) is 5.69 Å². The first-order chi connectivity index (χ1) is 9.71. The second-order valence-electron chi connectivity index (χ2n) is 4.74. The van der Waals surface area contributed by atoms with Gasteiger partial charge in [-0.2, -0.15) is 9.40 Å². The van der Waals surface area contributed by atoms with E-state index < -0.39 is 10.0 Å². The smallest absolute Gasteiger partial charge is 0.243 e. The van der Waals surface area contributed by atoms with Crippen LogP contribution >= 0.6 is 11.6 Å². The predicted molar refractivity (Wildman–Crippen MR) is 80.4 cm³/mol. The lowest BCUT2D eigenvalue weighted by molar-refractivity contribution is 0.457. The van der Waals surface area contributed by atoms with Crippen LogP contribution in [0.5, 0.6) is 0 Å². The van der Waals surface area contributed by atoms with E-state index in [9.17, 15) is 8.42 Å². The molecule has 0 aliphatic heterocycles. The van der Waals surface area contributed by atoms with Gasteiger partial charge in [-0.05, 0) is 31.5 Å². The van der Waals surface area contributed by atoms with Gasteiger partial charge < -0.3 is 5.73 Å². The molecule has 1 aromatic carbocycles. The number of H-pyrrole nitrogens is 1. The van der Waals surface area contributed by atoms with Gasteiger partial charge in [0.05, 0.1) is 22.2 Å². The second kappa shape index (κ2) is 5.63. The Morgan fingerprint density at radius 1 is 1.38 bits per heavy atom. The minimum Gasteiger partial charge on any atom is -0.397 e. The number of rotatable bonds is 4. The van der Waals surface area contributed by atoms with Crippen molar-refractivity contribution in [3.8, 4) is 0 Å². The normalized spacial score (nSPS) is 12.0. The number of halogens is 1. The van der Waals surface area contributed by atoms with Gasteiger partial charge >= 0.3 is 0 Å². The van der Waals surface area contributed by atoms with Crippen molar-refractivity contribution in [2.45, 2.75) is 25.3 Å². The van der Waals surface area contributed by atoms with E-state index in [2.05, 4.69) is 15.2 Å². The van der Waals surface area contributed by atoms with Crippen LogP contribution in [0.2, 0.25) is 5.02 Å². The summed E-state index contributed by atoms with van der Waals surface area (Å²) in [7, 11) is -2.23. The summed E-state index contributed by atoms with van der Waals surface area (Å²) in [5, 5.41) is 6.96. The highest BCUT2D eigenvalue weighted by atomic mass is 35.5. The highest BCUT2D eigenvalue weighted by Crippen LogP contribution is 2.28. The second-order valence-corrected chi connectivity index (χ2v) is 7.16. The number of nitrogen functional groups attached to an aromatic ring is 1. The van der Waals surface area contributed by atoms with E-state index in [1.807, 2.05) is 0 Å². The number of aromatic amines is 1. The van der Waals surface area contributed by atoms with Gasteiger partial charge in [0.1, 0.15) is 5.82 Å². The highest BCUT2D eigenvalue weighted by molar-refractivity contribution is 7.89. The Morgan fingerprint density at radius 2 is 2.05 bits per heavy atom. The zero-order valence-corrected chi connectivity index (χ0v) is 13.5. The van der Waals surface area contributed by atoms with E-state index in [1.54, 1.807) is 13.8 Å². The Hall–Kier alpha value is -1.64. The van der Waals surface area contributed by atoms with Crippen molar-refractivity contribution >= 4 is 27.3 Å². The lowest BCUT2D eigenvalue weighted by atomic mass is 10.2. The van der Waals surface area contributed by atoms with Crippen LogP contribution < -0.4 is 5.73 Å². The van der Waals surface area contributed by atoms with Crippen LogP contribution in [0.1, 0.15) is 17.2 Å². The summed E-state index contributed by atoms with van der Waals surface area (Å²) in [6.07, 6.45) is 0. The number of hydrogen-bond acceptors (Lipinski definition) is 5. The highest BCUT2D eigenvalue weighted by Gasteiger charge is 2.23. The number of aromatic nitrogens is 3. The Labute approximate surface area is 128 Å². The first-order valence-corrected chi connectivity index (χ1v) is 7.93.